The SMILES string of the molecule is COc1ccc(-c2cncc(CN)c2)cn1. The summed E-state index contributed by atoms with van der Waals surface area (Å²) in [5, 5.41) is 0. The highest BCUT2D eigenvalue weighted by Gasteiger charge is 2.00. The van der Waals surface area contributed by atoms with Crippen molar-refractivity contribution in [3.63, 3.8) is 0 Å². The monoisotopic (exact) mass is 215 g/mol. The first-order valence-electron chi connectivity index (χ1n) is 4.98. The summed E-state index contributed by atoms with van der Waals surface area (Å²) in [5.74, 6) is 0.603. The molecule has 0 aromatic carbocycles. The van der Waals surface area contributed by atoms with Gasteiger partial charge in [0.05, 0.1) is 7.11 Å². The lowest BCUT2D eigenvalue weighted by molar-refractivity contribution is 0.398. The van der Waals surface area contributed by atoms with Crippen molar-refractivity contribution >= 4 is 0 Å². The van der Waals surface area contributed by atoms with Crippen LogP contribution in [0.25, 0.3) is 11.1 Å². The van der Waals surface area contributed by atoms with Crippen molar-refractivity contribution in [1.29, 1.82) is 0 Å². The first-order chi connectivity index (χ1) is 7.83. The highest BCUT2D eigenvalue weighted by molar-refractivity contribution is 5.62. The maximum Gasteiger partial charge on any atom is 0.212 e. The van der Waals surface area contributed by atoms with Crippen molar-refractivity contribution in [1.82, 2.24) is 9.97 Å². The second-order valence-corrected chi connectivity index (χ2v) is 3.38. The predicted molar refractivity (Wildman–Crippen MR) is 61.9 cm³/mol. The van der Waals surface area contributed by atoms with Crippen molar-refractivity contribution in [2.45, 2.75) is 6.54 Å². The Labute approximate surface area is 94.1 Å². The van der Waals surface area contributed by atoms with Crippen molar-refractivity contribution in [2.24, 2.45) is 5.73 Å². The molecule has 0 saturated heterocycles. The number of rotatable bonds is 3. The molecule has 2 aromatic rings. The van der Waals surface area contributed by atoms with Crippen LogP contribution in [-0.2, 0) is 6.54 Å². The third kappa shape index (κ3) is 2.17. The van der Waals surface area contributed by atoms with E-state index in [-0.39, 0.29) is 0 Å². The molecule has 0 amide bonds. The molecule has 0 spiro atoms. The maximum atomic E-state index is 5.57. The fourth-order valence-electron chi connectivity index (χ4n) is 1.43. The van der Waals surface area contributed by atoms with Gasteiger partial charge in [0.1, 0.15) is 0 Å². The average molecular weight is 215 g/mol. The van der Waals surface area contributed by atoms with Gasteiger partial charge in [-0.05, 0) is 17.7 Å². The van der Waals surface area contributed by atoms with Crippen LogP contribution in [0.5, 0.6) is 5.88 Å². The van der Waals surface area contributed by atoms with E-state index in [1.165, 1.54) is 0 Å². The minimum absolute atomic E-state index is 0.490. The number of nitrogens with zero attached hydrogens (tertiary/aromatic N) is 2. The number of hydrogen-bond acceptors (Lipinski definition) is 4. The Balaban J connectivity index is 2.34. The Morgan fingerprint density at radius 2 is 2.06 bits per heavy atom. The van der Waals surface area contributed by atoms with Gasteiger partial charge in [0.2, 0.25) is 5.88 Å². The van der Waals surface area contributed by atoms with Gasteiger partial charge in [-0.2, -0.15) is 0 Å². The zero-order valence-corrected chi connectivity index (χ0v) is 9.05. The van der Waals surface area contributed by atoms with Gasteiger partial charge in [-0.3, -0.25) is 4.98 Å². The number of nitrogens with two attached hydrogens (primary N) is 1. The second-order valence-electron chi connectivity index (χ2n) is 3.38. The number of pyridine rings is 2. The Hall–Kier alpha value is -1.94. The fourth-order valence-corrected chi connectivity index (χ4v) is 1.43. The van der Waals surface area contributed by atoms with Crippen LogP contribution in [0.3, 0.4) is 0 Å². The van der Waals surface area contributed by atoms with E-state index in [1.54, 1.807) is 25.7 Å². The summed E-state index contributed by atoms with van der Waals surface area (Å²) in [7, 11) is 1.60. The molecule has 0 radical (unpaired) electrons. The van der Waals surface area contributed by atoms with Gasteiger partial charge in [0, 0.05) is 42.3 Å². The normalized spacial score (nSPS) is 10.1. The zero-order valence-electron chi connectivity index (χ0n) is 9.05. The van der Waals surface area contributed by atoms with Gasteiger partial charge in [0.25, 0.3) is 0 Å². The van der Waals surface area contributed by atoms with E-state index < -0.39 is 0 Å². The van der Waals surface area contributed by atoms with Crippen molar-refractivity contribution < 1.29 is 4.74 Å². The van der Waals surface area contributed by atoms with Crippen LogP contribution < -0.4 is 10.5 Å². The molecule has 0 atom stereocenters. The molecular weight excluding hydrogens is 202 g/mol. The Morgan fingerprint density at radius 1 is 1.19 bits per heavy atom. The summed E-state index contributed by atoms with van der Waals surface area (Å²) in [5.41, 5.74) is 8.59. The first kappa shape index (κ1) is 10.6. The van der Waals surface area contributed by atoms with Gasteiger partial charge < -0.3 is 10.5 Å². The van der Waals surface area contributed by atoms with Gasteiger partial charge >= 0.3 is 0 Å². The van der Waals surface area contributed by atoms with Gasteiger partial charge in [-0.15, -0.1) is 0 Å². The molecule has 0 bridgehead atoms. The van der Waals surface area contributed by atoms with Gasteiger partial charge in [0.15, 0.2) is 0 Å². The van der Waals surface area contributed by atoms with Crippen molar-refractivity contribution in [3.05, 3.63) is 42.4 Å². The van der Waals surface area contributed by atoms with E-state index in [1.807, 2.05) is 18.2 Å². The van der Waals surface area contributed by atoms with Crippen molar-refractivity contribution in [2.75, 3.05) is 7.11 Å². The molecule has 82 valence electrons. The second kappa shape index (κ2) is 4.72. The van der Waals surface area contributed by atoms with Crippen LogP contribution in [0.1, 0.15) is 5.56 Å². The largest absolute Gasteiger partial charge is 0.481 e. The summed E-state index contributed by atoms with van der Waals surface area (Å²) in [6.07, 6.45) is 5.32. The zero-order chi connectivity index (χ0) is 11.4. The Morgan fingerprint density at radius 3 is 2.69 bits per heavy atom. The maximum absolute atomic E-state index is 5.57. The smallest absolute Gasteiger partial charge is 0.212 e. The Kier molecular flexibility index (Phi) is 3.12. The molecule has 0 aliphatic carbocycles. The van der Waals surface area contributed by atoms with Crippen LogP contribution in [0.4, 0.5) is 0 Å². The van der Waals surface area contributed by atoms with Gasteiger partial charge in [-0.25, -0.2) is 4.98 Å². The molecule has 4 nitrogen and oxygen atoms in total. The predicted octanol–water partition coefficient (Wildman–Crippen LogP) is 1.61. The lowest BCUT2D eigenvalue weighted by Crippen LogP contribution is -1.97. The molecule has 2 rings (SSSR count). The van der Waals surface area contributed by atoms with E-state index in [2.05, 4.69) is 9.97 Å². The van der Waals surface area contributed by atoms with E-state index in [0.717, 1.165) is 16.7 Å². The minimum Gasteiger partial charge on any atom is -0.481 e. The average Bonchev–Trinajstić information content (AvgIpc) is 2.39. The van der Waals surface area contributed by atoms with Crippen LogP contribution in [0.15, 0.2) is 36.8 Å². The number of hydrogen-bond donors (Lipinski definition) is 1. The summed E-state index contributed by atoms with van der Waals surface area (Å²) >= 11 is 0. The topological polar surface area (TPSA) is 61.0 Å². The molecular formula is C12H13N3O. The molecule has 2 aromatic heterocycles. The summed E-state index contributed by atoms with van der Waals surface area (Å²) in [6.45, 7) is 0.490. The molecule has 16 heavy (non-hydrogen) atoms. The van der Waals surface area contributed by atoms with Crippen molar-refractivity contribution in [3.8, 4) is 17.0 Å². The fraction of sp³-hybridized carbons (Fsp3) is 0.167. The molecule has 0 aliphatic heterocycles. The molecule has 2 N–H and O–H groups in total. The van der Waals surface area contributed by atoms with Crippen LogP contribution in [0, 0.1) is 0 Å². The van der Waals surface area contributed by atoms with E-state index in [9.17, 15) is 0 Å². The third-order valence-electron chi connectivity index (χ3n) is 2.31. The summed E-state index contributed by atoms with van der Waals surface area (Å²) in [6, 6.07) is 5.78. The van der Waals surface area contributed by atoms with E-state index in [4.69, 9.17) is 10.5 Å². The first-order valence-corrected chi connectivity index (χ1v) is 4.98. The molecule has 0 saturated carbocycles. The number of ether oxygens (including phenoxy) is 1. The molecule has 2 heterocycles. The van der Waals surface area contributed by atoms with Crippen LogP contribution in [0.2, 0.25) is 0 Å². The minimum atomic E-state index is 0.490. The molecule has 4 heteroatoms. The standard InChI is InChI=1S/C12H13N3O/c1-16-12-3-2-10(8-15-12)11-4-9(5-13)6-14-7-11/h2-4,6-8H,5,13H2,1H3. The third-order valence-corrected chi connectivity index (χ3v) is 2.31. The van der Waals surface area contributed by atoms with E-state index >= 15 is 0 Å². The summed E-state index contributed by atoms with van der Waals surface area (Å²) in [4.78, 5) is 8.28. The number of aromatic nitrogens is 2. The molecule has 0 aliphatic rings. The lowest BCUT2D eigenvalue weighted by Gasteiger charge is -2.04. The molecule has 0 fully saturated rings. The quantitative estimate of drug-likeness (QED) is 0.845. The summed E-state index contributed by atoms with van der Waals surface area (Å²) < 4.78 is 5.00. The highest BCUT2D eigenvalue weighted by atomic mass is 16.5. The van der Waals surface area contributed by atoms with Crippen LogP contribution >= 0.6 is 0 Å². The highest BCUT2D eigenvalue weighted by Crippen LogP contribution is 2.20. The van der Waals surface area contributed by atoms with Crippen LogP contribution in [-0.4, -0.2) is 17.1 Å². The molecule has 0 unspecified atom stereocenters. The van der Waals surface area contributed by atoms with E-state index in [0.29, 0.717) is 12.4 Å². The number of methoxy groups -OCH3 is 1. The van der Waals surface area contributed by atoms with Gasteiger partial charge in [-0.1, -0.05) is 0 Å². The Bertz CT molecular complexity index is 468. The lowest BCUT2D eigenvalue weighted by atomic mass is 10.1.